The fraction of sp³-hybridized carbons (Fsp3) is 0. The van der Waals surface area contributed by atoms with Crippen LogP contribution in [0, 0.1) is 0 Å². The molecule has 0 aliphatic rings. The van der Waals surface area contributed by atoms with Crippen LogP contribution in [0.3, 0.4) is 0 Å². The summed E-state index contributed by atoms with van der Waals surface area (Å²) in [5.74, 6) is 0. The van der Waals surface area contributed by atoms with E-state index in [0.29, 0.717) is 0 Å². The fourth-order valence-electron chi connectivity index (χ4n) is 0. The van der Waals surface area contributed by atoms with Gasteiger partial charge in [-0.3, -0.25) is 0 Å². The molecule has 7 heteroatoms. The first-order chi connectivity index (χ1) is 0. The minimum Gasteiger partial charge on any atom is -0.147 e. The van der Waals surface area contributed by atoms with Gasteiger partial charge in [0.25, 0.3) is 0 Å². The van der Waals surface area contributed by atoms with E-state index in [2.05, 4.69) is 0 Å². The number of rotatable bonds is 0. The Morgan fingerprint density at radius 2 is 0.286 bits per heavy atom. The third kappa shape index (κ3) is 55.2. The van der Waals surface area contributed by atoms with E-state index in [0.717, 1.165) is 0 Å². The molecule has 0 unspecified atom stereocenters. The standard InChI is InChI=1S/6ClH.In/h6*1H;. The number of hydrogen-bond acceptors (Lipinski definition) is 0. The van der Waals surface area contributed by atoms with Crippen LogP contribution in [-0.4, -0.2) is 25.8 Å². The van der Waals surface area contributed by atoms with E-state index in [4.69, 9.17) is 0 Å². The van der Waals surface area contributed by atoms with Gasteiger partial charge in [0.15, 0.2) is 0 Å². The molecule has 3 radical (unpaired) electrons. The molecule has 0 aromatic carbocycles. The van der Waals surface area contributed by atoms with Gasteiger partial charge in [0.2, 0.25) is 0 Å². The summed E-state index contributed by atoms with van der Waals surface area (Å²) in [6.45, 7) is 0. The van der Waals surface area contributed by atoms with Gasteiger partial charge < -0.3 is 0 Å². The third-order valence-electron chi connectivity index (χ3n) is 0. The van der Waals surface area contributed by atoms with Gasteiger partial charge in [-0.05, 0) is 0 Å². The van der Waals surface area contributed by atoms with Crippen LogP contribution in [-0.2, 0) is 0 Å². The monoisotopic (exact) mass is 331 g/mol. The Labute approximate surface area is 99.2 Å². The van der Waals surface area contributed by atoms with E-state index in [1.165, 1.54) is 0 Å². The molecule has 0 aliphatic heterocycles. The summed E-state index contributed by atoms with van der Waals surface area (Å²) in [5.41, 5.74) is 0. The Bertz CT molecular complexity index is 4.14. The SMILES string of the molecule is Cl.Cl.Cl.Cl.Cl.Cl.[In]. The van der Waals surface area contributed by atoms with Crippen molar-refractivity contribution in [2.75, 3.05) is 0 Å². The molecule has 0 fully saturated rings. The molecule has 51 valence electrons. The third-order valence-corrected chi connectivity index (χ3v) is 0. The Kier molecular flexibility index (Phi) is 1090. The van der Waals surface area contributed by atoms with Gasteiger partial charge in [-0.1, -0.05) is 0 Å². The fourth-order valence-corrected chi connectivity index (χ4v) is 0. The quantitative estimate of drug-likeness (QED) is 0.637. The van der Waals surface area contributed by atoms with Crippen molar-refractivity contribution in [3.05, 3.63) is 0 Å². The Hall–Kier alpha value is 2.61. The molecule has 0 bridgehead atoms. The van der Waals surface area contributed by atoms with Crippen LogP contribution >= 0.6 is 74.4 Å². The molecule has 0 nitrogen and oxygen atoms in total. The molecule has 0 saturated heterocycles. The molecule has 0 rings (SSSR count). The van der Waals surface area contributed by atoms with E-state index < -0.39 is 0 Å². The molecular weight excluding hydrogens is 328 g/mol. The summed E-state index contributed by atoms with van der Waals surface area (Å²) in [6.07, 6.45) is 0. The number of hydrogen-bond donors (Lipinski definition) is 0. The van der Waals surface area contributed by atoms with Crippen molar-refractivity contribution in [2.24, 2.45) is 0 Å². The summed E-state index contributed by atoms with van der Waals surface area (Å²) in [5, 5.41) is 0. The van der Waals surface area contributed by atoms with Crippen LogP contribution in [0.25, 0.3) is 0 Å². The van der Waals surface area contributed by atoms with Gasteiger partial charge in [0.1, 0.15) is 0 Å². The first-order valence-corrected chi connectivity index (χ1v) is 0. The van der Waals surface area contributed by atoms with E-state index in [1.54, 1.807) is 0 Å². The molecular formula is H6Cl6In. The molecule has 0 heterocycles. The molecule has 0 amide bonds. The zero-order valence-corrected chi connectivity index (χ0v) is 11.2. The molecule has 7 heavy (non-hydrogen) atoms. The van der Waals surface area contributed by atoms with Crippen molar-refractivity contribution in [3.63, 3.8) is 0 Å². The molecule has 0 saturated carbocycles. The first kappa shape index (κ1) is 105. The molecule has 0 aliphatic carbocycles. The largest absolute Gasteiger partial charge is 0.147 e. The van der Waals surface area contributed by atoms with Gasteiger partial charge in [0.05, 0.1) is 0 Å². The average molecular weight is 334 g/mol. The maximum Gasteiger partial charge on any atom is 0 e. The summed E-state index contributed by atoms with van der Waals surface area (Å²) in [6, 6.07) is 0. The molecule has 0 aromatic heterocycles. The second kappa shape index (κ2) is 73.2. The molecule has 0 atom stereocenters. The van der Waals surface area contributed by atoms with E-state index in [-0.39, 0.29) is 100 Å². The molecule has 0 aromatic rings. The Balaban J connectivity index is 0. The van der Waals surface area contributed by atoms with Crippen LogP contribution in [0.1, 0.15) is 0 Å². The average Bonchev–Trinajstić information content (AvgIpc) is 0. The Morgan fingerprint density at radius 3 is 0.286 bits per heavy atom. The first-order valence-electron chi connectivity index (χ1n) is 0. The predicted octanol–water partition coefficient (Wildman–Crippen LogP) is 2.15. The van der Waals surface area contributed by atoms with Crippen molar-refractivity contribution in [2.45, 2.75) is 0 Å². The van der Waals surface area contributed by atoms with Gasteiger partial charge in [-0.25, -0.2) is 0 Å². The van der Waals surface area contributed by atoms with Crippen molar-refractivity contribution in [1.82, 2.24) is 0 Å². The second-order valence-corrected chi connectivity index (χ2v) is 0. The minimum absolute atomic E-state index is 0. The smallest absolute Gasteiger partial charge is 0 e. The Morgan fingerprint density at radius 1 is 0.286 bits per heavy atom. The number of halogens is 6. The van der Waals surface area contributed by atoms with Crippen molar-refractivity contribution < 1.29 is 0 Å². The molecule has 0 spiro atoms. The second-order valence-electron chi connectivity index (χ2n) is 0. The van der Waals surface area contributed by atoms with Crippen LogP contribution in [0.5, 0.6) is 0 Å². The van der Waals surface area contributed by atoms with Gasteiger partial charge in [-0.15, -0.1) is 74.4 Å². The summed E-state index contributed by atoms with van der Waals surface area (Å²) in [7, 11) is 0. The van der Waals surface area contributed by atoms with Crippen LogP contribution in [0.4, 0.5) is 0 Å². The van der Waals surface area contributed by atoms with E-state index in [1.807, 2.05) is 0 Å². The normalized spacial score (nSPS) is 0. The zero-order chi connectivity index (χ0) is 0. The van der Waals surface area contributed by atoms with Crippen LogP contribution in [0.15, 0.2) is 0 Å². The van der Waals surface area contributed by atoms with Crippen LogP contribution < -0.4 is 0 Å². The van der Waals surface area contributed by atoms with E-state index >= 15 is 0 Å². The maximum atomic E-state index is 0. The summed E-state index contributed by atoms with van der Waals surface area (Å²) < 4.78 is 0. The van der Waals surface area contributed by atoms with Gasteiger partial charge in [0, 0.05) is 25.8 Å². The van der Waals surface area contributed by atoms with Gasteiger partial charge >= 0.3 is 0 Å². The van der Waals surface area contributed by atoms with Crippen molar-refractivity contribution in [3.8, 4) is 0 Å². The summed E-state index contributed by atoms with van der Waals surface area (Å²) >= 11 is 0. The van der Waals surface area contributed by atoms with Crippen molar-refractivity contribution >= 4 is 100 Å². The minimum atomic E-state index is 0. The molecule has 0 N–H and O–H groups in total. The topological polar surface area (TPSA) is 0 Å². The maximum absolute atomic E-state index is 0. The van der Waals surface area contributed by atoms with E-state index in [9.17, 15) is 0 Å². The summed E-state index contributed by atoms with van der Waals surface area (Å²) in [4.78, 5) is 0. The van der Waals surface area contributed by atoms with Gasteiger partial charge in [-0.2, -0.15) is 0 Å². The zero-order valence-electron chi connectivity index (χ0n) is 3.03. The van der Waals surface area contributed by atoms with Crippen molar-refractivity contribution in [1.29, 1.82) is 0 Å². The van der Waals surface area contributed by atoms with Crippen LogP contribution in [0.2, 0.25) is 0 Å². The predicted molar refractivity (Wildman–Crippen MR) is 49.2 cm³/mol.